The average molecular weight is 378 g/mol. The first-order valence-electron chi connectivity index (χ1n) is 8.72. The van der Waals surface area contributed by atoms with Gasteiger partial charge in [-0.3, -0.25) is 4.79 Å². The second kappa shape index (κ2) is 9.28. The van der Waals surface area contributed by atoms with Crippen molar-refractivity contribution in [2.24, 2.45) is 0 Å². The molecule has 1 atom stereocenters. The van der Waals surface area contributed by atoms with Gasteiger partial charge in [-0.2, -0.15) is 0 Å². The molecular formula is C23H22O3S. The maximum absolute atomic E-state index is 12.9. The van der Waals surface area contributed by atoms with E-state index >= 15 is 0 Å². The Kier molecular flexibility index (Phi) is 6.55. The molecular weight excluding hydrogens is 356 g/mol. The molecule has 0 fully saturated rings. The molecule has 3 aromatic rings. The van der Waals surface area contributed by atoms with Crippen molar-refractivity contribution in [3.63, 3.8) is 0 Å². The molecule has 0 radical (unpaired) electrons. The lowest BCUT2D eigenvalue weighted by molar-refractivity contribution is 0.0982. The van der Waals surface area contributed by atoms with E-state index < -0.39 is 0 Å². The smallest absolute Gasteiger partial charge is 0.164 e. The number of benzene rings is 3. The first-order valence-corrected chi connectivity index (χ1v) is 9.60. The summed E-state index contributed by atoms with van der Waals surface area (Å²) in [6.45, 7) is 0. The van der Waals surface area contributed by atoms with E-state index in [1.807, 2.05) is 66.7 Å². The van der Waals surface area contributed by atoms with Gasteiger partial charge < -0.3 is 9.47 Å². The van der Waals surface area contributed by atoms with Crippen molar-refractivity contribution in [2.45, 2.75) is 16.6 Å². The van der Waals surface area contributed by atoms with E-state index in [0.717, 1.165) is 22.0 Å². The van der Waals surface area contributed by atoms with Crippen LogP contribution >= 0.6 is 11.8 Å². The highest BCUT2D eigenvalue weighted by molar-refractivity contribution is 7.99. The summed E-state index contributed by atoms with van der Waals surface area (Å²) in [5.41, 5.74) is 1.80. The number of hydrogen-bond acceptors (Lipinski definition) is 4. The van der Waals surface area contributed by atoms with Crippen LogP contribution in [0.15, 0.2) is 83.8 Å². The van der Waals surface area contributed by atoms with Crippen molar-refractivity contribution in [3.05, 3.63) is 90.0 Å². The molecule has 0 spiro atoms. The third-order valence-electron chi connectivity index (χ3n) is 4.29. The van der Waals surface area contributed by atoms with E-state index in [2.05, 4.69) is 12.1 Å². The summed E-state index contributed by atoms with van der Waals surface area (Å²) in [4.78, 5) is 14.0. The molecule has 27 heavy (non-hydrogen) atoms. The number of methoxy groups -OCH3 is 2. The second-order valence-electron chi connectivity index (χ2n) is 6.05. The van der Waals surface area contributed by atoms with E-state index in [4.69, 9.17) is 9.47 Å². The van der Waals surface area contributed by atoms with Crippen LogP contribution in [0.25, 0.3) is 0 Å². The van der Waals surface area contributed by atoms with Gasteiger partial charge in [-0.05, 0) is 54.1 Å². The van der Waals surface area contributed by atoms with E-state index in [0.29, 0.717) is 12.0 Å². The van der Waals surface area contributed by atoms with Crippen LogP contribution in [0.2, 0.25) is 0 Å². The summed E-state index contributed by atoms with van der Waals surface area (Å²) in [5.74, 6) is 1.67. The zero-order valence-electron chi connectivity index (χ0n) is 15.4. The van der Waals surface area contributed by atoms with Crippen molar-refractivity contribution in [1.82, 2.24) is 0 Å². The minimum atomic E-state index is 0.0212. The Bertz CT molecular complexity index is 858. The summed E-state index contributed by atoms with van der Waals surface area (Å²) in [7, 11) is 3.27. The third-order valence-corrected chi connectivity index (χ3v) is 5.56. The van der Waals surface area contributed by atoms with Gasteiger partial charge in [0.1, 0.15) is 11.5 Å². The summed E-state index contributed by atoms with van der Waals surface area (Å²) in [5, 5.41) is 0.0212. The van der Waals surface area contributed by atoms with Crippen LogP contribution in [0.5, 0.6) is 11.5 Å². The average Bonchev–Trinajstić information content (AvgIpc) is 2.74. The topological polar surface area (TPSA) is 35.5 Å². The SMILES string of the molecule is COc1ccc(C(=O)CC(Sc2ccccc2)c2ccc(OC)cc2)cc1. The van der Waals surface area contributed by atoms with Gasteiger partial charge in [0, 0.05) is 22.1 Å². The van der Waals surface area contributed by atoms with Gasteiger partial charge in [-0.1, -0.05) is 30.3 Å². The van der Waals surface area contributed by atoms with Crippen LogP contribution in [-0.2, 0) is 0 Å². The zero-order chi connectivity index (χ0) is 19.1. The van der Waals surface area contributed by atoms with Crippen molar-refractivity contribution in [3.8, 4) is 11.5 Å². The lowest BCUT2D eigenvalue weighted by Crippen LogP contribution is -2.05. The number of thioether (sulfide) groups is 1. The van der Waals surface area contributed by atoms with Gasteiger partial charge >= 0.3 is 0 Å². The second-order valence-corrected chi connectivity index (χ2v) is 7.32. The molecule has 0 aliphatic heterocycles. The summed E-state index contributed by atoms with van der Waals surface area (Å²) in [6.07, 6.45) is 0.415. The van der Waals surface area contributed by atoms with Crippen molar-refractivity contribution >= 4 is 17.5 Å². The van der Waals surface area contributed by atoms with E-state index in [-0.39, 0.29) is 11.0 Å². The standard InChI is InChI=1S/C23H22O3S/c1-25-19-12-8-17(9-13-19)22(24)16-23(27-21-6-4-3-5-7-21)18-10-14-20(26-2)15-11-18/h3-15,23H,16H2,1-2H3. The fraction of sp³-hybridized carbons (Fsp3) is 0.174. The highest BCUT2D eigenvalue weighted by Gasteiger charge is 2.19. The molecule has 0 saturated carbocycles. The van der Waals surface area contributed by atoms with Crippen LogP contribution in [-0.4, -0.2) is 20.0 Å². The van der Waals surface area contributed by atoms with Gasteiger partial charge in [-0.25, -0.2) is 0 Å². The highest BCUT2D eigenvalue weighted by Crippen LogP contribution is 2.39. The number of Topliss-reactive ketones (excluding diaryl/α,β-unsaturated/α-hetero) is 1. The Hall–Kier alpha value is -2.72. The Morgan fingerprint density at radius 2 is 1.37 bits per heavy atom. The van der Waals surface area contributed by atoms with Gasteiger partial charge in [0.2, 0.25) is 0 Å². The van der Waals surface area contributed by atoms with Crippen LogP contribution in [0.4, 0.5) is 0 Å². The van der Waals surface area contributed by atoms with Crippen molar-refractivity contribution in [1.29, 1.82) is 0 Å². The molecule has 138 valence electrons. The quantitative estimate of drug-likeness (QED) is 0.366. The fourth-order valence-electron chi connectivity index (χ4n) is 2.77. The molecule has 3 aromatic carbocycles. The highest BCUT2D eigenvalue weighted by atomic mass is 32.2. The predicted octanol–water partition coefficient (Wildman–Crippen LogP) is 5.81. The normalized spacial score (nSPS) is 11.6. The minimum Gasteiger partial charge on any atom is -0.497 e. The Morgan fingerprint density at radius 3 is 1.93 bits per heavy atom. The van der Waals surface area contributed by atoms with Crippen molar-refractivity contribution < 1.29 is 14.3 Å². The zero-order valence-corrected chi connectivity index (χ0v) is 16.2. The van der Waals surface area contributed by atoms with Crippen molar-refractivity contribution in [2.75, 3.05) is 14.2 Å². The molecule has 3 rings (SSSR count). The van der Waals surface area contributed by atoms with Gasteiger partial charge in [0.15, 0.2) is 5.78 Å². The number of ether oxygens (including phenoxy) is 2. The summed E-state index contributed by atoms with van der Waals surface area (Å²) in [6, 6.07) is 25.4. The molecule has 3 nitrogen and oxygen atoms in total. The maximum atomic E-state index is 12.9. The molecule has 1 unspecified atom stereocenters. The molecule has 0 aliphatic carbocycles. The monoisotopic (exact) mass is 378 g/mol. The summed E-state index contributed by atoms with van der Waals surface area (Å²) >= 11 is 1.70. The van der Waals surface area contributed by atoms with Gasteiger partial charge in [-0.15, -0.1) is 11.8 Å². The van der Waals surface area contributed by atoms with Gasteiger partial charge in [0.05, 0.1) is 14.2 Å². The lowest BCUT2D eigenvalue weighted by atomic mass is 10.0. The summed E-state index contributed by atoms with van der Waals surface area (Å²) < 4.78 is 10.4. The minimum absolute atomic E-state index is 0.0212. The molecule has 0 N–H and O–H groups in total. The van der Waals surface area contributed by atoms with E-state index in [1.54, 1.807) is 26.0 Å². The molecule has 0 aliphatic rings. The van der Waals surface area contributed by atoms with Crippen LogP contribution in [0.1, 0.15) is 27.6 Å². The molecule has 0 saturated heterocycles. The Morgan fingerprint density at radius 1 is 0.815 bits per heavy atom. The Labute approximate surface area is 164 Å². The molecule has 0 heterocycles. The first-order chi connectivity index (χ1) is 13.2. The Balaban J connectivity index is 1.82. The maximum Gasteiger partial charge on any atom is 0.164 e. The molecule has 0 bridgehead atoms. The largest absolute Gasteiger partial charge is 0.497 e. The molecule has 0 aromatic heterocycles. The van der Waals surface area contributed by atoms with Crippen LogP contribution in [0.3, 0.4) is 0 Å². The third kappa shape index (κ3) is 5.14. The van der Waals surface area contributed by atoms with Crippen LogP contribution in [0, 0.1) is 0 Å². The number of hydrogen-bond donors (Lipinski definition) is 0. The van der Waals surface area contributed by atoms with E-state index in [9.17, 15) is 4.79 Å². The number of carbonyl (C=O) groups excluding carboxylic acids is 1. The predicted molar refractivity (Wildman–Crippen MR) is 110 cm³/mol. The number of rotatable bonds is 8. The molecule has 4 heteroatoms. The lowest BCUT2D eigenvalue weighted by Gasteiger charge is -2.17. The number of carbonyl (C=O) groups is 1. The van der Waals surface area contributed by atoms with Gasteiger partial charge in [0.25, 0.3) is 0 Å². The fourth-order valence-corrected chi connectivity index (χ4v) is 3.94. The molecule has 0 amide bonds. The van der Waals surface area contributed by atoms with Crippen LogP contribution < -0.4 is 9.47 Å². The first kappa shape index (κ1) is 19.1. The van der Waals surface area contributed by atoms with E-state index in [1.165, 1.54) is 0 Å². The number of ketones is 1.